The molecule has 0 atom stereocenters. The molecular weight excluding hydrogens is 430 g/mol. The van der Waals surface area contributed by atoms with E-state index in [1.807, 2.05) is 69.3 Å². The van der Waals surface area contributed by atoms with Gasteiger partial charge in [-0.05, 0) is 38.5 Å². The van der Waals surface area contributed by atoms with Crippen molar-refractivity contribution in [1.29, 1.82) is 0 Å². The first-order valence-corrected chi connectivity index (χ1v) is 11.4. The lowest BCUT2D eigenvalue weighted by Crippen LogP contribution is -2.45. The smallest absolute Gasteiger partial charge is 0.217 e. The summed E-state index contributed by atoms with van der Waals surface area (Å²) in [4.78, 5) is 21.2. The number of carbonyl (C=O) groups is 1. The molecule has 4 rings (SSSR count). The molecule has 0 bridgehead atoms. The van der Waals surface area contributed by atoms with Crippen LogP contribution in [-0.4, -0.2) is 32.6 Å². The van der Waals surface area contributed by atoms with Crippen LogP contribution in [0.15, 0.2) is 48.5 Å². The summed E-state index contributed by atoms with van der Waals surface area (Å²) < 4.78 is 13.7. The van der Waals surface area contributed by atoms with Crippen LogP contribution in [0.1, 0.15) is 39.1 Å². The molecule has 1 amide bonds. The van der Waals surface area contributed by atoms with E-state index in [1.165, 1.54) is 6.92 Å². The second-order valence-electron chi connectivity index (χ2n) is 8.96. The highest BCUT2D eigenvalue weighted by Gasteiger charge is 2.25. The normalized spacial score (nSPS) is 11.8. The standard InChI is InChI=1S/C26H31N5O3/c1-5-33-15-22-29-23-24(31(22)16-26(3,4)30-17(2)32)20-12-11-19(13-21(20)28-25(23)27)34-14-18-9-7-6-8-10-18/h6-13H,5,14-16H2,1-4H3,(H2,27,28)(H,30,32). The van der Waals surface area contributed by atoms with Crippen molar-refractivity contribution in [3.63, 3.8) is 0 Å². The maximum atomic E-state index is 11.8. The van der Waals surface area contributed by atoms with Crippen molar-refractivity contribution in [2.24, 2.45) is 0 Å². The van der Waals surface area contributed by atoms with E-state index in [0.717, 1.165) is 27.8 Å². The predicted octanol–water partition coefficient (Wildman–Crippen LogP) is 4.20. The summed E-state index contributed by atoms with van der Waals surface area (Å²) in [5.41, 5.74) is 9.14. The molecule has 34 heavy (non-hydrogen) atoms. The Hall–Kier alpha value is -3.65. The minimum absolute atomic E-state index is 0.0907. The highest BCUT2D eigenvalue weighted by Crippen LogP contribution is 2.32. The molecule has 0 saturated carbocycles. The highest BCUT2D eigenvalue weighted by atomic mass is 16.5. The van der Waals surface area contributed by atoms with Gasteiger partial charge in [0, 0.05) is 31.5 Å². The molecule has 0 saturated heterocycles. The number of pyridine rings is 1. The van der Waals surface area contributed by atoms with Crippen molar-refractivity contribution < 1.29 is 14.3 Å². The van der Waals surface area contributed by atoms with E-state index in [2.05, 4.69) is 14.9 Å². The second kappa shape index (κ2) is 9.69. The van der Waals surface area contributed by atoms with Crippen LogP contribution in [0.2, 0.25) is 0 Å². The maximum absolute atomic E-state index is 11.8. The van der Waals surface area contributed by atoms with Crippen LogP contribution < -0.4 is 15.8 Å². The van der Waals surface area contributed by atoms with E-state index in [0.29, 0.717) is 43.4 Å². The van der Waals surface area contributed by atoms with E-state index >= 15 is 0 Å². The number of fused-ring (bicyclic) bond motifs is 3. The summed E-state index contributed by atoms with van der Waals surface area (Å²) in [6.07, 6.45) is 0. The molecule has 3 N–H and O–H groups in total. The molecule has 4 aromatic rings. The Labute approximate surface area is 199 Å². The Morgan fingerprint density at radius 3 is 2.59 bits per heavy atom. The van der Waals surface area contributed by atoms with Crippen molar-refractivity contribution >= 4 is 33.7 Å². The van der Waals surface area contributed by atoms with E-state index in [1.54, 1.807) is 0 Å². The van der Waals surface area contributed by atoms with Crippen LogP contribution in [0.4, 0.5) is 5.82 Å². The lowest BCUT2D eigenvalue weighted by atomic mass is 10.1. The molecule has 0 fully saturated rings. The zero-order chi connectivity index (χ0) is 24.3. The molecule has 8 heteroatoms. The van der Waals surface area contributed by atoms with Crippen LogP contribution in [0.25, 0.3) is 21.9 Å². The van der Waals surface area contributed by atoms with Gasteiger partial charge in [0.25, 0.3) is 0 Å². The van der Waals surface area contributed by atoms with Gasteiger partial charge >= 0.3 is 0 Å². The lowest BCUT2D eigenvalue weighted by Gasteiger charge is -2.27. The highest BCUT2D eigenvalue weighted by molar-refractivity contribution is 6.07. The largest absolute Gasteiger partial charge is 0.489 e. The minimum Gasteiger partial charge on any atom is -0.489 e. The lowest BCUT2D eigenvalue weighted by molar-refractivity contribution is -0.120. The van der Waals surface area contributed by atoms with Crippen molar-refractivity contribution in [2.75, 3.05) is 12.3 Å². The molecule has 0 aliphatic carbocycles. The van der Waals surface area contributed by atoms with Gasteiger partial charge < -0.3 is 25.1 Å². The third-order valence-corrected chi connectivity index (χ3v) is 5.51. The van der Waals surface area contributed by atoms with Gasteiger partial charge in [-0.2, -0.15) is 0 Å². The number of nitrogens with one attached hydrogen (secondary N) is 1. The van der Waals surface area contributed by atoms with E-state index in [-0.39, 0.29) is 5.91 Å². The van der Waals surface area contributed by atoms with Crippen LogP contribution in [0.3, 0.4) is 0 Å². The van der Waals surface area contributed by atoms with Crippen molar-refractivity contribution in [3.05, 3.63) is 59.9 Å². The van der Waals surface area contributed by atoms with Crippen molar-refractivity contribution in [3.8, 4) is 5.75 Å². The Balaban J connectivity index is 1.78. The zero-order valence-electron chi connectivity index (χ0n) is 20.1. The first kappa shape index (κ1) is 23.5. The number of aromatic nitrogens is 3. The Kier molecular flexibility index (Phi) is 6.70. The molecule has 8 nitrogen and oxygen atoms in total. The van der Waals surface area contributed by atoms with Crippen LogP contribution in [0, 0.1) is 0 Å². The summed E-state index contributed by atoms with van der Waals surface area (Å²) in [6.45, 7) is 9.27. The van der Waals surface area contributed by atoms with Gasteiger partial charge in [-0.3, -0.25) is 4.79 Å². The molecule has 2 aromatic carbocycles. The van der Waals surface area contributed by atoms with Gasteiger partial charge in [0.1, 0.15) is 30.3 Å². The number of nitrogens with two attached hydrogens (primary N) is 1. The Bertz CT molecular complexity index is 1310. The van der Waals surface area contributed by atoms with E-state index in [9.17, 15) is 4.79 Å². The fraction of sp³-hybridized carbons (Fsp3) is 0.346. The van der Waals surface area contributed by atoms with E-state index < -0.39 is 5.54 Å². The molecule has 178 valence electrons. The molecule has 2 aromatic heterocycles. The summed E-state index contributed by atoms with van der Waals surface area (Å²) in [5, 5.41) is 3.92. The van der Waals surface area contributed by atoms with Crippen molar-refractivity contribution in [2.45, 2.75) is 53.0 Å². The van der Waals surface area contributed by atoms with Gasteiger partial charge in [-0.15, -0.1) is 0 Å². The average molecular weight is 462 g/mol. The third kappa shape index (κ3) is 5.12. The molecule has 0 aliphatic heterocycles. The number of hydrogen-bond donors (Lipinski definition) is 2. The number of ether oxygens (including phenoxy) is 2. The third-order valence-electron chi connectivity index (χ3n) is 5.51. The molecular formula is C26H31N5O3. The fourth-order valence-electron chi connectivity index (χ4n) is 4.15. The zero-order valence-corrected chi connectivity index (χ0v) is 20.1. The average Bonchev–Trinajstić information content (AvgIpc) is 3.14. The first-order chi connectivity index (χ1) is 16.3. The second-order valence-corrected chi connectivity index (χ2v) is 8.96. The Morgan fingerprint density at radius 2 is 1.88 bits per heavy atom. The van der Waals surface area contributed by atoms with Gasteiger partial charge in [0.15, 0.2) is 5.82 Å². The Morgan fingerprint density at radius 1 is 1.12 bits per heavy atom. The number of hydrogen-bond acceptors (Lipinski definition) is 6. The fourth-order valence-corrected chi connectivity index (χ4v) is 4.15. The van der Waals surface area contributed by atoms with Gasteiger partial charge in [0.05, 0.1) is 16.6 Å². The molecule has 0 spiro atoms. The van der Waals surface area contributed by atoms with Crippen LogP contribution >= 0.6 is 0 Å². The van der Waals surface area contributed by atoms with Crippen LogP contribution in [0.5, 0.6) is 5.75 Å². The number of anilines is 1. The number of nitrogens with zero attached hydrogens (tertiary/aromatic N) is 3. The van der Waals surface area contributed by atoms with Crippen LogP contribution in [-0.2, 0) is 29.3 Å². The number of rotatable bonds is 9. The van der Waals surface area contributed by atoms with Gasteiger partial charge in [0.2, 0.25) is 5.91 Å². The number of benzene rings is 2. The molecule has 0 radical (unpaired) electrons. The number of imidazole rings is 1. The van der Waals surface area contributed by atoms with E-state index in [4.69, 9.17) is 20.2 Å². The minimum atomic E-state index is -0.510. The first-order valence-electron chi connectivity index (χ1n) is 11.4. The molecule has 0 unspecified atom stereocenters. The maximum Gasteiger partial charge on any atom is 0.217 e. The number of nitrogen functional groups attached to an aromatic ring is 1. The summed E-state index contributed by atoms with van der Waals surface area (Å²) in [6, 6.07) is 15.8. The van der Waals surface area contributed by atoms with Gasteiger partial charge in [-0.1, -0.05) is 30.3 Å². The number of carbonyl (C=O) groups excluding carboxylic acids is 1. The quantitative estimate of drug-likeness (QED) is 0.387. The van der Waals surface area contributed by atoms with Crippen molar-refractivity contribution in [1.82, 2.24) is 19.9 Å². The summed E-state index contributed by atoms with van der Waals surface area (Å²) in [7, 11) is 0. The topological polar surface area (TPSA) is 104 Å². The molecule has 2 heterocycles. The number of amides is 1. The summed E-state index contributed by atoms with van der Waals surface area (Å²) >= 11 is 0. The van der Waals surface area contributed by atoms with Gasteiger partial charge in [-0.25, -0.2) is 9.97 Å². The predicted molar refractivity (Wildman–Crippen MR) is 133 cm³/mol. The monoisotopic (exact) mass is 461 g/mol. The summed E-state index contributed by atoms with van der Waals surface area (Å²) in [5.74, 6) is 1.70. The molecule has 0 aliphatic rings. The SMILES string of the molecule is CCOCc1nc2c(N)nc3cc(OCc4ccccc4)ccc3c2n1CC(C)(C)NC(C)=O.